The van der Waals surface area contributed by atoms with Crippen LogP contribution in [0.4, 0.5) is 0 Å². The molecule has 0 aliphatic carbocycles. The molecule has 1 fully saturated rings. The second-order valence-corrected chi connectivity index (χ2v) is 7.67. The number of nitrogens with one attached hydrogen (secondary N) is 1. The van der Waals surface area contributed by atoms with Crippen molar-refractivity contribution in [2.45, 2.75) is 25.6 Å². The van der Waals surface area contributed by atoms with E-state index in [9.17, 15) is 0 Å². The molecule has 29 heavy (non-hydrogen) atoms. The van der Waals surface area contributed by atoms with E-state index in [1.807, 2.05) is 10.6 Å². The van der Waals surface area contributed by atoms with Gasteiger partial charge in [0.2, 0.25) is 0 Å². The van der Waals surface area contributed by atoms with Gasteiger partial charge in [0, 0.05) is 42.4 Å². The second-order valence-electron chi connectivity index (χ2n) is 7.67. The molecule has 0 amide bonds. The molecule has 1 saturated heterocycles. The van der Waals surface area contributed by atoms with Crippen molar-refractivity contribution >= 4 is 10.9 Å². The number of hydrogen-bond acceptors (Lipinski definition) is 4. The van der Waals surface area contributed by atoms with Gasteiger partial charge in [-0.1, -0.05) is 30.3 Å². The summed E-state index contributed by atoms with van der Waals surface area (Å²) >= 11 is 0. The van der Waals surface area contributed by atoms with E-state index in [2.05, 4.69) is 68.7 Å². The van der Waals surface area contributed by atoms with Gasteiger partial charge < -0.3 is 14.6 Å². The van der Waals surface area contributed by atoms with Crippen molar-refractivity contribution in [2.75, 3.05) is 19.6 Å². The zero-order valence-corrected chi connectivity index (χ0v) is 16.4. The average Bonchev–Trinajstić information content (AvgIpc) is 3.52. The van der Waals surface area contributed by atoms with E-state index in [-0.39, 0.29) is 0 Å². The highest BCUT2D eigenvalue weighted by Gasteiger charge is 2.23. The smallest absolute Gasteiger partial charge is 0.123 e. The molecule has 148 valence electrons. The van der Waals surface area contributed by atoms with Crippen molar-refractivity contribution in [3.8, 4) is 5.69 Å². The second kappa shape index (κ2) is 8.19. The Morgan fingerprint density at radius 3 is 2.79 bits per heavy atom. The van der Waals surface area contributed by atoms with Gasteiger partial charge in [-0.3, -0.25) is 4.57 Å². The van der Waals surface area contributed by atoms with Gasteiger partial charge in [0.05, 0.1) is 12.7 Å². The molecule has 1 aliphatic heterocycles. The quantitative estimate of drug-likeness (QED) is 0.527. The summed E-state index contributed by atoms with van der Waals surface area (Å²) in [6, 6.07) is 16.8. The average molecular weight is 387 g/mol. The predicted octanol–water partition coefficient (Wildman–Crippen LogP) is 3.58. The number of benzene rings is 2. The largest absolute Gasteiger partial charge is 0.372 e. The van der Waals surface area contributed by atoms with E-state index in [1.165, 1.54) is 22.0 Å². The van der Waals surface area contributed by atoms with Crippen LogP contribution in [0.1, 0.15) is 17.5 Å². The van der Waals surface area contributed by atoms with Crippen LogP contribution in [0.15, 0.2) is 67.4 Å². The van der Waals surface area contributed by atoms with Gasteiger partial charge in [-0.15, -0.1) is 10.2 Å². The van der Waals surface area contributed by atoms with E-state index in [0.717, 1.165) is 38.2 Å². The minimum Gasteiger partial charge on any atom is -0.372 e. The van der Waals surface area contributed by atoms with Gasteiger partial charge in [-0.25, -0.2) is 0 Å². The highest BCUT2D eigenvalue weighted by atomic mass is 16.5. The number of aromatic nitrogens is 4. The highest BCUT2D eigenvalue weighted by molar-refractivity contribution is 5.85. The number of hydrogen-bond donors (Lipinski definition) is 1. The zero-order chi connectivity index (χ0) is 19.5. The normalized spacial score (nSPS) is 17.3. The van der Waals surface area contributed by atoms with Crippen LogP contribution < -0.4 is 0 Å². The lowest BCUT2D eigenvalue weighted by atomic mass is 10.1. The van der Waals surface area contributed by atoms with E-state index < -0.39 is 0 Å². The molecule has 0 radical (unpaired) electrons. The van der Waals surface area contributed by atoms with Crippen molar-refractivity contribution in [3.63, 3.8) is 0 Å². The van der Waals surface area contributed by atoms with Crippen molar-refractivity contribution in [2.24, 2.45) is 0 Å². The first-order valence-corrected chi connectivity index (χ1v) is 10.2. The van der Waals surface area contributed by atoms with Gasteiger partial charge in [-0.2, -0.15) is 0 Å². The third kappa shape index (κ3) is 4.09. The predicted molar refractivity (Wildman–Crippen MR) is 113 cm³/mol. The summed E-state index contributed by atoms with van der Waals surface area (Å²) in [5.41, 5.74) is 4.85. The maximum Gasteiger partial charge on any atom is 0.123 e. The van der Waals surface area contributed by atoms with Crippen LogP contribution in [0, 0.1) is 0 Å². The molecule has 2 aromatic carbocycles. The lowest BCUT2D eigenvalue weighted by Gasteiger charge is -2.16. The van der Waals surface area contributed by atoms with Crippen LogP contribution in [0.2, 0.25) is 0 Å². The summed E-state index contributed by atoms with van der Waals surface area (Å²) in [5, 5.41) is 9.08. The third-order valence-electron chi connectivity index (χ3n) is 5.72. The van der Waals surface area contributed by atoms with Gasteiger partial charge in [-0.05, 0) is 42.2 Å². The molecule has 4 aromatic rings. The fourth-order valence-corrected chi connectivity index (χ4v) is 4.07. The summed E-state index contributed by atoms with van der Waals surface area (Å²) in [7, 11) is 0. The topological polar surface area (TPSA) is 59.0 Å². The first-order valence-electron chi connectivity index (χ1n) is 10.2. The fourth-order valence-electron chi connectivity index (χ4n) is 4.07. The highest BCUT2D eigenvalue weighted by Crippen LogP contribution is 2.23. The Balaban J connectivity index is 1.18. The Labute approximate surface area is 170 Å². The number of aromatic amines is 1. The Morgan fingerprint density at radius 1 is 1.07 bits per heavy atom. The molecule has 2 aromatic heterocycles. The number of fused-ring (bicyclic) bond motifs is 1. The summed E-state index contributed by atoms with van der Waals surface area (Å²) in [4.78, 5) is 5.91. The van der Waals surface area contributed by atoms with Crippen molar-refractivity contribution in [1.82, 2.24) is 24.6 Å². The van der Waals surface area contributed by atoms with E-state index >= 15 is 0 Å². The third-order valence-corrected chi connectivity index (χ3v) is 5.72. The minimum absolute atomic E-state index is 0.332. The van der Waals surface area contributed by atoms with Gasteiger partial charge >= 0.3 is 0 Å². The summed E-state index contributed by atoms with van der Waals surface area (Å²) in [6.07, 6.45) is 8.06. The number of likely N-dealkylation sites (tertiary alicyclic amines) is 1. The van der Waals surface area contributed by atoms with E-state index in [0.29, 0.717) is 12.7 Å². The molecule has 6 nitrogen and oxygen atoms in total. The Bertz CT molecular complexity index is 1060. The molecular weight excluding hydrogens is 362 g/mol. The molecule has 0 spiro atoms. The fraction of sp³-hybridized carbons (Fsp3) is 0.304. The van der Waals surface area contributed by atoms with Gasteiger partial charge in [0.25, 0.3) is 0 Å². The number of nitrogens with zero attached hydrogens (tertiary/aromatic N) is 4. The van der Waals surface area contributed by atoms with E-state index in [4.69, 9.17) is 4.74 Å². The van der Waals surface area contributed by atoms with Crippen LogP contribution in [0.25, 0.3) is 16.6 Å². The van der Waals surface area contributed by atoms with E-state index in [1.54, 1.807) is 12.7 Å². The molecule has 1 N–H and O–H groups in total. The Morgan fingerprint density at radius 2 is 1.93 bits per heavy atom. The maximum absolute atomic E-state index is 6.12. The Hall–Kier alpha value is -2.96. The molecule has 1 atom stereocenters. The first kappa shape index (κ1) is 18.1. The SMILES string of the molecule is c1ccc(CO[C@H]2CCN(CCc3c[nH]c4ccc(-n5cnnc5)cc34)C2)cc1. The van der Waals surface area contributed by atoms with Crippen LogP contribution in [0.5, 0.6) is 0 Å². The molecular formula is C23H25N5O. The zero-order valence-electron chi connectivity index (χ0n) is 16.4. The molecule has 1 aliphatic rings. The molecule has 5 rings (SSSR count). The Kier molecular flexibility index (Phi) is 5.11. The summed E-state index contributed by atoms with van der Waals surface area (Å²) < 4.78 is 8.06. The minimum atomic E-state index is 0.332. The number of H-pyrrole nitrogens is 1. The van der Waals surface area contributed by atoms with Gasteiger partial charge in [0.15, 0.2) is 0 Å². The monoisotopic (exact) mass is 387 g/mol. The molecule has 0 saturated carbocycles. The standard InChI is InChI=1S/C23H25N5O/c1-2-4-18(5-3-1)15-29-21-9-11-27(14-21)10-8-19-13-24-23-7-6-20(12-22(19)23)28-16-25-26-17-28/h1-7,12-13,16-17,21,24H,8-11,14-15H2/t21-/m0/s1. The molecule has 6 heteroatoms. The van der Waals surface area contributed by atoms with Gasteiger partial charge in [0.1, 0.15) is 12.7 Å². The van der Waals surface area contributed by atoms with Crippen LogP contribution in [-0.4, -0.2) is 50.4 Å². The summed E-state index contributed by atoms with van der Waals surface area (Å²) in [5.74, 6) is 0. The summed E-state index contributed by atoms with van der Waals surface area (Å²) in [6.45, 7) is 3.87. The van der Waals surface area contributed by atoms with Crippen LogP contribution in [-0.2, 0) is 17.8 Å². The van der Waals surface area contributed by atoms with Crippen molar-refractivity contribution < 1.29 is 4.74 Å². The first-order chi connectivity index (χ1) is 14.3. The molecule has 0 bridgehead atoms. The number of rotatable bonds is 7. The van der Waals surface area contributed by atoms with Crippen LogP contribution in [0.3, 0.4) is 0 Å². The lowest BCUT2D eigenvalue weighted by Crippen LogP contribution is -2.25. The molecule has 3 heterocycles. The lowest BCUT2D eigenvalue weighted by molar-refractivity contribution is 0.0468. The number of ether oxygens (including phenoxy) is 1. The van der Waals surface area contributed by atoms with Crippen LogP contribution >= 0.6 is 0 Å². The molecule has 0 unspecified atom stereocenters. The van der Waals surface area contributed by atoms with Crippen molar-refractivity contribution in [3.05, 3.63) is 78.5 Å². The van der Waals surface area contributed by atoms with Crippen molar-refractivity contribution in [1.29, 1.82) is 0 Å². The maximum atomic E-state index is 6.12.